The van der Waals surface area contributed by atoms with E-state index in [2.05, 4.69) is 0 Å². The number of hydrogen-bond acceptors (Lipinski definition) is 4. The Bertz CT molecular complexity index is 436. The van der Waals surface area contributed by atoms with E-state index in [-0.39, 0.29) is 12.5 Å². The number of anilines is 1. The lowest BCUT2D eigenvalue weighted by molar-refractivity contribution is -0.126. The summed E-state index contributed by atoms with van der Waals surface area (Å²) in [4.78, 5) is 15.8. The molecule has 0 aliphatic carbocycles. The van der Waals surface area contributed by atoms with E-state index < -0.39 is 6.04 Å². The molecule has 1 N–H and O–H groups in total. The van der Waals surface area contributed by atoms with Crippen LogP contribution < -0.4 is 9.64 Å². The number of aliphatic hydroxyl groups excluding tert-OH is 1. The molecule has 1 aromatic carbocycles. The van der Waals surface area contributed by atoms with E-state index in [9.17, 15) is 9.90 Å². The van der Waals surface area contributed by atoms with Gasteiger partial charge in [0.25, 0.3) is 0 Å². The summed E-state index contributed by atoms with van der Waals surface area (Å²) in [5.74, 6) is 0.652. The minimum Gasteiger partial charge on any atom is -0.497 e. The number of carbonyl (C=O) groups is 1. The third-order valence-corrected chi connectivity index (χ3v) is 3.30. The third-order valence-electron chi connectivity index (χ3n) is 3.30. The van der Waals surface area contributed by atoms with Crippen molar-refractivity contribution in [1.82, 2.24) is 4.90 Å². The highest BCUT2D eigenvalue weighted by Crippen LogP contribution is 2.23. The van der Waals surface area contributed by atoms with Crippen LogP contribution in [0, 0.1) is 0 Å². The molecule has 1 unspecified atom stereocenters. The Balaban J connectivity index is 2.24. The maximum absolute atomic E-state index is 12.3. The van der Waals surface area contributed by atoms with E-state index in [4.69, 9.17) is 4.74 Å². The molecule has 1 amide bonds. The third kappa shape index (κ3) is 2.32. The highest BCUT2D eigenvalue weighted by atomic mass is 16.5. The van der Waals surface area contributed by atoms with Gasteiger partial charge in [-0.15, -0.1) is 0 Å². The molecule has 98 valence electrons. The summed E-state index contributed by atoms with van der Waals surface area (Å²) in [5, 5.41) is 9.28. The SMILES string of the molecule is COc1cccc(N2CCN(C)C(CO)C2=O)c1. The molecule has 2 rings (SSSR count). The first kappa shape index (κ1) is 12.9. The maximum Gasteiger partial charge on any atom is 0.246 e. The van der Waals surface area contributed by atoms with Crippen molar-refractivity contribution in [3.63, 3.8) is 0 Å². The van der Waals surface area contributed by atoms with Crippen LogP contribution in [-0.4, -0.2) is 55.8 Å². The van der Waals surface area contributed by atoms with Crippen LogP contribution in [0.25, 0.3) is 0 Å². The summed E-state index contributed by atoms with van der Waals surface area (Å²) in [7, 11) is 3.45. The van der Waals surface area contributed by atoms with Crippen LogP contribution in [-0.2, 0) is 4.79 Å². The van der Waals surface area contributed by atoms with Crippen LogP contribution >= 0.6 is 0 Å². The van der Waals surface area contributed by atoms with Crippen molar-refractivity contribution in [2.45, 2.75) is 6.04 Å². The quantitative estimate of drug-likeness (QED) is 0.840. The van der Waals surface area contributed by atoms with Gasteiger partial charge in [-0.05, 0) is 19.2 Å². The molecule has 1 atom stereocenters. The molecular formula is C13H18N2O3. The van der Waals surface area contributed by atoms with Crippen molar-refractivity contribution in [3.05, 3.63) is 24.3 Å². The standard InChI is InChI=1S/C13H18N2O3/c1-14-6-7-15(13(17)12(14)9-16)10-4-3-5-11(8-10)18-2/h3-5,8,12,16H,6-7,9H2,1-2H3. The number of nitrogens with zero attached hydrogens (tertiary/aromatic N) is 2. The first-order valence-corrected chi connectivity index (χ1v) is 5.94. The minimum absolute atomic E-state index is 0.0699. The van der Waals surface area contributed by atoms with Gasteiger partial charge in [-0.25, -0.2) is 0 Å². The lowest BCUT2D eigenvalue weighted by atomic mass is 10.1. The number of benzene rings is 1. The van der Waals surface area contributed by atoms with E-state index in [1.54, 1.807) is 12.0 Å². The topological polar surface area (TPSA) is 53.0 Å². The number of hydrogen-bond donors (Lipinski definition) is 1. The van der Waals surface area contributed by atoms with Crippen molar-refractivity contribution < 1.29 is 14.6 Å². The maximum atomic E-state index is 12.3. The smallest absolute Gasteiger partial charge is 0.246 e. The normalized spacial score (nSPS) is 21.2. The molecule has 1 aliphatic rings. The number of amides is 1. The summed E-state index contributed by atoms with van der Waals surface area (Å²) in [6, 6.07) is 6.95. The molecule has 5 heteroatoms. The number of rotatable bonds is 3. The molecule has 1 heterocycles. The zero-order valence-corrected chi connectivity index (χ0v) is 10.7. The van der Waals surface area contributed by atoms with Gasteiger partial charge in [0.2, 0.25) is 5.91 Å². The van der Waals surface area contributed by atoms with Crippen molar-refractivity contribution in [1.29, 1.82) is 0 Å². The predicted octanol–water partition coefficient (Wildman–Crippen LogP) is 0.334. The lowest BCUT2D eigenvalue weighted by Gasteiger charge is -2.37. The van der Waals surface area contributed by atoms with Crippen molar-refractivity contribution in [2.75, 3.05) is 38.8 Å². The van der Waals surface area contributed by atoms with E-state index in [0.29, 0.717) is 6.54 Å². The number of piperazine rings is 1. The molecule has 5 nitrogen and oxygen atoms in total. The van der Waals surface area contributed by atoms with Gasteiger partial charge in [-0.1, -0.05) is 6.07 Å². The average Bonchev–Trinajstić information content (AvgIpc) is 2.39. The van der Waals surface area contributed by atoms with Crippen LogP contribution in [0.1, 0.15) is 0 Å². The van der Waals surface area contributed by atoms with Crippen LogP contribution in [0.2, 0.25) is 0 Å². The Kier molecular flexibility index (Phi) is 3.84. The van der Waals surface area contributed by atoms with Crippen LogP contribution in [0.4, 0.5) is 5.69 Å². The number of aliphatic hydroxyl groups is 1. The minimum atomic E-state index is -0.454. The Morgan fingerprint density at radius 3 is 2.89 bits per heavy atom. The zero-order chi connectivity index (χ0) is 13.1. The molecular weight excluding hydrogens is 232 g/mol. The van der Waals surface area contributed by atoms with Gasteiger partial charge in [0.05, 0.1) is 13.7 Å². The van der Waals surface area contributed by atoms with Gasteiger partial charge in [0.15, 0.2) is 0 Å². The lowest BCUT2D eigenvalue weighted by Crippen LogP contribution is -2.57. The first-order valence-electron chi connectivity index (χ1n) is 5.94. The number of carbonyl (C=O) groups excluding carboxylic acids is 1. The molecule has 1 saturated heterocycles. The van der Waals surface area contributed by atoms with Gasteiger partial charge >= 0.3 is 0 Å². The van der Waals surface area contributed by atoms with Gasteiger partial charge in [0, 0.05) is 24.8 Å². The summed E-state index contributed by atoms with van der Waals surface area (Å²) >= 11 is 0. The Labute approximate surface area is 107 Å². The summed E-state index contributed by atoms with van der Waals surface area (Å²) in [6.45, 7) is 1.21. The van der Waals surface area contributed by atoms with Gasteiger partial charge in [-0.3, -0.25) is 9.69 Å². The monoisotopic (exact) mass is 250 g/mol. The van der Waals surface area contributed by atoms with Gasteiger partial charge in [0.1, 0.15) is 11.8 Å². The molecule has 1 aliphatic heterocycles. The van der Waals surface area contributed by atoms with Crippen LogP contribution in [0.3, 0.4) is 0 Å². The second-order valence-corrected chi connectivity index (χ2v) is 4.37. The largest absolute Gasteiger partial charge is 0.497 e. The second kappa shape index (κ2) is 5.37. The Morgan fingerprint density at radius 2 is 2.22 bits per heavy atom. The summed E-state index contributed by atoms with van der Waals surface area (Å²) < 4.78 is 5.16. The summed E-state index contributed by atoms with van der Waals surface area (Å²) in [5.41, 5.74) is 0.811. The van der Waals surface area contributed by atoms with Crippen molar-refractivity contribution >= 4 is 11.6 Å². The fourth-order valence-corrected chi connectivity index (χ4v) is 2.14. The van der Waals surface area contributed by atoms with Crippen molar-refractivity contribution in [2.24, 2.45) is 0 Å². The molecule has 0 saturated carbocycles. The average molecular weight is 250 g/mol. The fourth-order valence-electron chi connectivity index (χ4n) is 2.14. The molecule has 1 aromatic rings. The van der Waals surface area contributed by atoms with Crippen LogP contribution in [0.15, 0.2) is 24.3 Å². The van der Waals surface area contributed by atoms with E-state index in [1.165, 1.54) is 0 Å². The zero-order valence-electron chi connectivity index (χ0n) is 10.7. The highest BCUT2D eigenvalue weighted by Gasteiger charge is 2.32. The van der Waals surface area contributed by atoms with Gasteiger partial charge in [-0.2, -0.15) is 0 Å². The number of methoxy groups -OCH3 is 1. The van der Waals surface area contributed by atoms with E-state index in [1.807, 2.05) is 36.2 Å². The predicted molar refractivity (Wildman–Crippen MR) is 68.9 cm³/mol. The highest BCUT2D eigenvalue weighted by molar-refractivity contribution is 5.98. The Morgan fingerprint density at radius 1 is 1.44 bits per heavy atom. The van der Waals surface area contributed by atoms with Crippen LogP contribution in [0.5, 0.6) is 5.75 Å². The first-order chi connectivity index (χ1) is 8.67. The molecule has 0 bridgehead atoms. The van der Waals surface area contributed by atoms with E-state index >= 15 is 0 Å². The Hall–Kier alpha value is -1.59. The number of likely N-dealkylation sites (N-methyl/N-ethyl adjacent to an activating group) is 1. The van der Waals surface area contributed by atoms with Gasteiger partial charge < -0.3 is 14.7 Å². The fraction of sp³-hybridized carbons (Fsp3) is 0.462. The summed E-state index contributed by atoms with van der Waals surface area (Å²) in [6.07, 6.45) is 0. The van der Waals surface area contributed by atoms with Crippen molar-refractivity contribution in [3.8, 4) is 5.75 Å². The molecule has 18 heavy (non-hydrogen) atoms. The van der Waals surface area contributed by atoms with E-state index in [0.717, 1.165) is 18.0 Å². The second-order valence-electron chi connectivity index (χ2n) is 4.37. The molecule has 1 fully saturated rings. The molecule has 0 aromatic heterocycles. The molecule has 0 radical (unpaired) electrons. The number of ether oxygens (including phenoxy) is 1. The molecule has 0 spiro atoms.